The molecule has 0 bridgehead atoms. The maximum Gasteiger partial charge on any atom is 0.251 e. The van der Waals surface area contributed by atoms with E-state index in [1.165, 1.54) is 0 Å². The molecule has 0 fully saturated rings. The largest absolute Gasteiger partial charge is 0.368 e. The quantitative estimate of drug-likeness (QED) is 0.844. The van der Waals surface area contributed by atoms with Crippen molar-refractivity contribution in [1.82, 2.24) is 5.32 Å². The van der Waals surface area contributed by atoms with E-state index in [1.54, 1.807) is 12.1 Å². The molecule has 0 saturated carbocycles. The first-order valence-corrected chi connectivity index (χ1v) is 8.07. The molecule has 2 rings (SSSR count). The Labute approximate surface area is 144 Å². The normalized spacial score (nSPS) is 11.8. The standard InChI is InChI=1S/C18H19BrN2O2/c1-11-7-12(2)9-14(8-11)18(23)21-16(17(20)22)10-13-3-5-15(19)6-4-13/h3-9,16H,10H2,1-2H3,(H2,20,22)(H,21,23)/t16-/m0/s1. The van der Waals surface area contributed by atoms with Crippen LogP contribution >= 0.6 is 15.9 Å². The summed E-state index contributed by atoms with van der Waals surface area (Å²) in [4.78, 5) is 24.1. The lowest BCUT2D eigenvalue weighted by Crippen LogP contribution is -2.45. The lowest BCUT2D eigenvalue weighted by Gasteiger charge is -2.16. The highest BCUT2D eigenvalue weighted by atomic mass is 79.9. The van der Waals surface area contributed by atoms with Crippen LogP contribution in [-0.4, -0.2) is 17.9 Å². The van der Waals surface area contributed by atoms with Crippen LogP contribution in [0.3, 0.4) is 0 Å². The highest BCUT2D eigenvalue weighted by Crippen LogP contribution is 2.13. The number of amides is 2. The molecule has 0 aliphatic heterocycles. The van der Waals surface area contributed by atoms with E-state index in [1.807, 2.05) is 44.2 Å². The summed E-state index contributed by atoms with van der Waals surface area (Å²) in [6.07, 6.45) is 0.360. The number of primary amides is 1. The number of carbonyl (C=O) groups is 2. The van der Waals surface area contributed by atoms with Crippen LogP contribution in [-0.2, 0) is 11.2 Å². The number of hydrogen-bond acceptors (Lipinski definition) is 2. The zero-order chi connectivity index (χ0) is 17.0. The topological polar surface area (TPSA) is 72.2 Å². The second-order valence-electron chi connectivity index (χ2n) is 5.64. The average Bonchev–Trinajstić information content (AvgIpc) is 2.47. The predicted molar refractivity (Wildman–Crippen MR) is 94.2 cm³/mol. The van der Waals surface area contributed by atoms with E-state index in [2.05, 4.69) is 21.2 Å². The Hall–Kier alpha value is -2.14. The van der Waals surface area contributed by atoms with Gasteiger partial charge in [-0.25, -0.2) is 0 Å². The molecule has 0 aromatic heterocycles. The van der Waals surface area contributed by atoms with Crippen molar-refractivity contribution in [2.45, 2.75) is 26.3 Å². The Balaban J connectivity index is 2.14. The van der Waals surface area contributed by atoms with E-state index < -0.39 is 11.9 Å². The van der Waals surface area contributed by atoms with Gasteiger partial charge in [-0.1, -0.05) is 45.3 Å². The van der Waals surface area contributed by atoms with Crippen molar-refractivity contribution in [3.63, 3.8) is 0 Å². The number of rotatable bonds is 5. The lowest BCUT2D eigenvalue weighted by molar-refractivity contribution is -0.119. The molecule has 4 nitrogen and oxygen atoms in total. The fraction of sp³-hybridized carbons (Fsp3) is 0.222. The Morgan fingerprint density at radius 1 is 1.09 bits per heavy atom. The number of carbonyl (C=O) groups excluding carboxylic acids is 2. The van der Waals surface area contributed by atoms with Crippen molar-refractivity contribution in [2.24, 2.45) is 5.73 Å². The van der Waals surface area contributed by atoms with Crippen molar-refractivity contribution in [1.29, 1.82) is 0 Å². The van der Waals surface area contributed by atoms with E-state index in [0.29, 0.717) is 12.0 Å². The minimum Gasteiger partial charge on any atom is -0.368 e. The van der Waals surface area contributed by atoms with E-state index in [4.69, 9.17) is 5.73 Å². The van der Waals surface area contributed by atoms with Gasteiger partial charge in [0.05, 0.1) is 0 Å². The van der Waals surface area contributed by atoms with E-state index in [-0.39, 0.29) is 5.91 Å². The second-order valence-corrected chi connectivity index (χ2v) is 6.55. The zero-order valence-corrected chi connectivity index (χ0v) is 14.7. The molecular weight excluding hydrogens is 356 g/mol. The molecule has 0 unspecified atom stereocenters. The smallest absolute Gasteiger partial charge is 0.251 e. The molecule has 120 valence electrons. The number of aryl methyl sites for hydroxylation is 2. The Bertz CT molecular complexity index is 706. The predicted octanol–water partition coefficient (Wildman–Crippen LogP) is 2.89. The van der Waals surface area contributed by atoms with Crippen molar-refractivity contribution >= 4 is 27.7 Å². The van der Waals surface area contributed by atoms with E-state index in [0.717, 1.165) is 21.2 Å². The highest BCUT2D eigenvalue weighted by Gasteiger charge is 2.19. The first-order chi connectivity index (χ1) is 10.8. The number of halogens is 1. The first-order valence-electron chi connectivity index (χ1n) is 7.28. The molecule has 2 amide bonds. The molecule has 3 N–H and O–H groups in total. The van der Waals surface area contributed by atoms with Crippen LogP contribution in [0.25, 0.3) is 0 Å². The summed E-state index contributed by atoms with van der Waals surface area (Å²) < 4.78 is 0.955. The minimum absolute atomic E-state index is 0.294. The van der Waals surface area contributed by atoms with Crippen molar-refractivity contribution in [3.05, 3.63) is 69.2 Å². The van der Waals surface area contributed by atoms with Gasteiger partial charge in [0.25, 0.3) is 5.91 Å². The van der Waals surface area contributed by atoms with Crippen LogP contribution in [0.4, 0.5) is 0 Å². The van der Waals surface area contributed by atoms with Crippen molar-refractivity contribution < 1.29 is 9.59 Å². The van der Waals surface area contributed by atoms with Crippen LogP contribution in [0, 0.1) is 13.8 Å². The Kier molecular flexibility index (Phi) is 5.55. The molecule has 0 saturated heterocycles. The molecule has 0 radical (unpaired) electrons. The van der Waals surface area contributed by atoms with E-state index >= 15 is 0 Å². The number of benzene rings is 2. The lowest BCUT2D eigenvalue weighted by atomic mass is 10.0. The molecule has 1 atom stereocenters. The van der Waals surface area contributed by atoms with Crippen LogP contribution in [0.1, 0.15) is 27.0 Å². The van der Waals surface area contributed by atoms with Gasteiger partial charge in [0, 0.05) is 16.5 Å². The summed E-state index contributed by atoms with van der Waals surface area (Å²) >= 11 is 3.36. The molecular formula is C18H19BrN2O2. The van der Waals surface area contributed by atoms with Gasteiger partial charge in [-0.05, 0) is 43.7 Å². The highest BCUT2D eigenvalue weighted by molar-refractivity contribution is 9.10. The molecule has 23 heavy (non-hydrogen) atoms. The fourth-order valence-electron chi connectivity index (χ4n) is 2.43. The summed E-state index contributed by atoms with van der Waals surface area (Å²) in [6.45, 7) is 3.86. The SMILES string of the molecule is Cc1cc(C)cc(C(=O)N[C@@H](Cc2ccc(Br)cc2)C(N)=O)c1. The number of hydrogen-bond donors (Lipinski definition) is 2. The molecule has 2 aromatic rings. The van der Waals surface area contributed by atoms with Gasteiger partial charge in [-0.3, -0.25) is 9.59 Å². The fourth-order valence-corrected chi connectivity index (χ4v) is 2.69. The Morgan fingerprint density at radius 2 is 1.65 bits per heavy atom. The van der Waals surface area contributed by atoms with Gasteiger partial charge in [-0.15, -0.1) is 0 Å². The summed E-state index contributed by atoms with van der Waals surface area (Å²) in [5.41, 5.74) is 8.90. The van der Waals surface area contributed by atoms with Crippen LogP contribution in [0.5, 0.6) is 0 Å². The van der Waals surface area contributed by atoms with Crippen LogP contribution < -0.4 is 11.1 Å². The summed E-state index contributed by atoms with van der Waals surface area (Å²) in [6, 6.07) is 12.4. The number of nitrogens with two attached hydrogens (primary N) is 1. The van der Waals surface area contributed by atoms with Gasteiger partial charge in [0.2, 0.25) is 5.91 Å². The molecule has 0 spiro atoms. The second kappa shape index (κ2) is 7.42. The third-order valence-corrected chi connectivity index (χ3v) is 4.01. The maximum absolute atomic E-state index is 12.4. The van der Waals surface area contributed by atoms with Gasteiger partial charge in [-0.2, -0.15) is 0 Å². The third kappa shape index (κ3) is 4.93. The van der Waals surface area contributed by atoms with Gasteiger partial charge in [0.1, 0.15) is 6.04 Å². The van der Waals surface area contributed by atoms with Gasteiger partial charge < -0.3 is 11.1 Å². The van der Waals surface area contributed by atoms with Crippen LogP contribution in [0.2, 0.25) is 0 Å². The van der Waals surface area contributed by atoms with Crippen LogP contribution in [0.15, 0.2) is 46.9 Å². The molecule has 0 heterocycles. The van der Waals surface area contributed by atoms with Crippen molar-refractivity contribution in [2.75, 3.05) is 0 Å². The maximum atomic E-state index is 12.4. The van der Waals surface area contributed by atoms with Gasteiger partial charge >= 0.3 is 0 Å². The molecule has 0 aliphatic rings. The minimum atomic E-state index is -0.746. The van der Waals surface area contributed by atoms with Gasteiger partial charge in [0.15, 0.2) is 0 Å². The van der Waals surface area contributed by atoms with E-state index in [9.17, 15) is 9.59 Å². The molecule has 5 heteroatoms. The third-order valence-electron chi connectivity index (χ3n) is 3.49. The molecule has 0 aliphatic carbocycles. The summed E-state index contributed by atoms with van der Waals surface area (Å²) in [5.74, 6) is -0.844. The summed E-state index contributed by atoms with van der Waals surface area (Å²) in [5, 5.41) is 2.73. The summed E-state index contributed by atoms with van der Waals surface area (Å²) in [7, 11) is 0. The average molecular weight is 375 g/mol. The monoisotopic (exact) mass is 374 g/mol. The number of nitrogens with one attached hydrogen (secondary N) is 1. The molecule has 2 aromatic carbocycles. The van der Waals surface area contributed by atoms with Crippen molar-refractivity contribution in [3.8, 4) is 0 Å². The Morgan fingerprint density at radius 3 is 2.17 bits per heavy atom. The first kappa shape index (κ1) is 17.2. The zero-order valence-electron chi connectivity index (χ0n) is 13.1.